The maximum Gasteiger partial charge on any atom is 0.164 e. The van der Waals surface area contributed by atoms with Gasteiger partial charge in [-0.05, 0) is 25.7 Å². The third-order valence-electron chi connectivity index (χ3n) is 5.00. The van der Waals surface area contributed by atoms with Crippen molar-refractivity contribution in [2.24, 2.45) is 11.8 Å². The van der Waals surface area contributed by atoms with Crippen LogP contribution in [-0.4, -0.2) is 74.4 Å². The van der Waals surface area contributed by atoms with E-state index in [4.69, 9.17) is 19.7 Å². The van der Waals surface area contributed by atoms with Crippen molar-refractivity contribution in [3.05, 3.63) is 0 Å². The molecular weight excluding hydrogens is 356 g/mol. The lowest BCUT2D eigenvalue weighted by atomic mass is 9.83. The third-order valence-corrected chi connectivity index (χ3v) is 5.00. The minimum Gasteiger partial charge on any atom is -0.390 e. The summed E-state index contributed by atoms with van der Waals surface area (Å²) in [6.07, 6.45) is -4.84. The SMILES string of the molecule is C.C.C[C@@H]1CC(=O)[C@@H](O)[C@@H]2OC(C)(C)O[C@@H]21.C[C@@H]1CC(=O)[C@@H](O)[C@H](O)[C@@H]1O. The molecule has 3 rings (SSSR count). The number of aliphatic hydroxyl groups excluding tert-OH is 4. The third kappa shape index (κ3) is 5.56. The average molecular weight is 392 g/mol. The average Bonchev–Trinajstić information content (AvgIpc) is 2.86. The molecule has 0 radical (unpaired) electrons. The second-order valence-electron chi connectivity index (χ2n) is 7.73. The molecule has 2 aliphatic carbocycles. The van der Waals surface area contributed by atoms with Gasteiger partial charge in [0.05, 0.1) is 12.2 Å². The maximum absolute atomic E-state index is 11.4. The minimum absolute atomic E-state index is 0. The molecule has 8 atom stereocenters. The lowest BCUT2D eigenvalue weighted by Gasteiger charge is -2.31. The topological polar surface area (TPSA) is 134 Å². The summed E-state index contributed by atoms with van der Waals surface area (Å²) in [5.74, 6) is -1.36. The summed E-state index contributed by atoms with van der Waals surface area (Å²) in [6, 6.07) is 0. The number of aliphatic hydroxyl groups is 4. The highest BCUT2D eigenvalue weighted by molar-refractivity contribution is 5.85. The van der Waals surface area contributed by atoms with E-state index in [2.05, 4.69) is 0 Å². The highest BCUT2D eigenvalue weighted by Crippen LogP contribution is 2.38. The van der Waals surface area contributed by atoms with Crippen LogP contribution in [0.1, 0.15) is 55.4 Å². The van der Waals surface area contributed by atoms with Crippen LogP contribution in [0.25, 0.3) is 0 Å². The molecule has 0 unspecified atom stereocenters. The van der Waals surface area contributed by atoms with Crippen LogP contribution in [0.4, 0.5) is 0 Å². The van der Waals surface area contributed by atoms with E-state index < -0.39 is 42.1 Å². The van der Waals surface area contributed by atoms with Crippen LogP contribution >= 0.6 is 0 Å². The van der Waals surface area contributed by atoms with E-state index in [1.807, 2.05) is 6.92 Å². The van der Waals surface area contributed by atoms with E-state index in [9.17, 15) is 19.8 Å². The highest BCUT2D eigenvalue weighted by Gasteiger charge is 2.52. The fraction of sp³-hybridized carbons (Fsp3) is 0.895. The molecule has 4 N–H and O–H groups in total. The second-order valence-corrected chi connectivity index (χ2v) is 7.73. The molecule has 0 aromatic rings. The Morgan fingerprint density at radius 2 is 1.22 bits per heavy atom. The van der Waals surface area contributed by atoms with Crippen LogP contribution in [0, 0.1) is 11.8 Å². The van der Waals surface area contributed by atoms with E-state index in [0.717, 1.165) is 0 Å². The van der Waals surface area contributed by atoms with E-state index >= 15 is 0 Å². The van der Waals surface area contributed by atoms with Crippen LogP contribution in [0.5, 0.6) is 0 Å². The van der Waals surface area contributed by atoms with Crippen molar-refractivity contribution in [2.45, 2.75) is 97.8 Å². The summed E-state index contributed by atoms with van der Waals surface area (Å²) in [4.78, 5) is 22.2. The fourth-order valence-corrected chi connectivity index (χ4v) is 3.51. The van der Waals surface area contributed by atoms with Crippen LogP contribution < -0.4 is 0 Å². The van der Waals surface area contributed by atoms with Gasteiger partial charge in [0.25, 0.3) is 0 Å². The van der Waals surface area contributed by atoms with Gasteiger partial charge < -0.3 is 29.9 Å². The van der Waals surface area contributed by atoms with Crippen LogP contribution in [0.15, 0.2) is 0 Å². The molecule has 0 amide bonds. The summed E-state index contributed by atoms with van der Waals surface area (Å²) in [5, 5.41) is 36.9. The van der Waals surface area contributed by atoms with Crippen LogP contribution in [0.2, 0.25) is 0 Å². The first-order valence-corrected chi connectivity index (χ1v) is 8.58. The number of carbonyl (C=O) groups excluding carboxylic acids is 2. The standard InChI is InChI=1S/C10H16O4.C7H12O4.2CH4/c1-5-4-6(11)7(12)9-8(5)13-10(2,3)14-9;1-3-2-4(8)6(10)7(11)5(3)9;;/h5,7-9,12H,4H2,1-3H3;3,5-7,9-11H,2H2,1H3;2*1H4/t5-,7-,8-,9+;3-,5-,6-,7-;;/m11../s1. The number of ether oxygens (including phenoxy) is 2. The first-order valence-electron chi connectivity index (χ1n) is 8.58. The molecule has 8 heteroatoms. The van der Waals surface area contributed by atoms with Crippen LogP contribution in [-0.2, 0) is 19.1 Å². The summed E-state index contributed by atoms with van der Waals surface area (Å²) in [5.41, 5.74) is 0. The molecular formula is C19H36O8. The van der Waals surface area contributed by atoms with Crippen molar-refractivity contribution in [1.29, 1.82) is 0 Å². The number of fused-ring (bicyclic) bond motifs is 1. The maximum atomic E-state index is 11.4. The zero-order valence-electron chi connectivity index (χ0n) is 15.0. The predicted molar refractivity (Wildman–Crippen MR) is 98.9 cm³/mol. The molecule has 0 spiro atoms. The molecule has 2 saturated carbocycles. The number of ketones is 2. The van der Waals surface area contributed by atoms with E-state index in [1.165, 1.54) is 0 Å². The highest BCUT2D eigenvalue weighted by atomic mass is 16.8. The number of hydrogen-bond acceptors (Lipinski definition) is 8. The van der Waals surface area contributed by atoms with Crippen molar-refractivity contribution in [1.82, 2.24) is 0 Å². The molecule has 1 aliphatic heterocycles. The first kappa shape index (κ1) is 26.1. The Hall–Kier alpha value is -0.900. The quantitative estimate of drug-likeness (QED) is 0.466. The fourth-order valence-electron chi connectivity index (χ4n) is 3.51. The van der Waals surface area contributed by atoms with Gasteiger partial charge in [-0.2, -0.15) is 0 Å². The summed E-state index contributed by atoms with van der Waals surface area (Å²) >= 11 is 0. The Morgan fingerprint density at radius 1 is 0.778 bits per heavy atom. The normalized spacial score (nSPS) is 42.8. The number of hydrogen-bond donors (Lipinski definition) is 4. The molecule has 0 bridgehead atoms. The molecule has 1 heterocycles. The zero-order chi connectivity index (χ0) is 19.1. The molecule has 0 aromatic heterocycles. The van der Waals surface area contributed by atoms with Gasteiger partial charge in [-0.3, -0.25) is 9.59 Å². The Morgan fingerprint density at radius 3 is 1.78 bits per heavy atom. The van der Waals surface area contributed by atoms with Gasteiger partial charge in [-0.1, -0.05) is 28.7 Å². The van der Waals surface area contributed by atoms with E-state index in [-0.39, 0.29) is 45.0 Å². The number of Topliss-reactive ketones (excluding diaryl/α,β-unsaturated/α-hetero) is 2. The first-order chi connectivity index (χ1) is 11.4. The van der Waals surface area contributed by atoms with Gasteiger partial charge in [0, 0.05) is 12.8 Å². The molecule has 0 aromatic carbocycles. The number of rotatable bonds is 0. The number of carbonyl (C=O) groups is 2. The minimum atomic E-state index is -1.40. The summed E-state index contributed by atoms with van der Waals surface area (Å²) in [7, 11) is 0. The van der Waals surface area contributed by atoms with Gasteiger partial charge in [0.2, 0.25) is 0 Å². The Kier molecular flexibility index (Phi) is 9.22. The van der Waals surface area contributed by atoms with E-state index in [1.54, 1.807) is 20.8 Å². The Bertz CT molecular complexity index is 520. The Balaban J connectivity index is 0.000000479. The van der Waals surface area contributed by atoms with Gasteiger partial charge in [-0.15, -0.1) is 0 Å². The largest absolute Gasteiger partial charge is 0.390 e. The monoisotopic (exact) mass is 392 g/mol. The zero-order valence-corrected chi connectivity index (χ0v) is 15.0. The molecule has 1 saturated heterocycles. The van der Waals surface area contributed by atoms with Crippen molar-refractivity contribution >= 4 is 11.6 Å². The lowest BCUT2D eigenvalue weighted by Crippen LogP contribution is -2.50. The molecule has 3 fully saturated rings. The van der Waals surface area contributed by atoms with Crippen molar-refractivity contribution in [3.63, 3.8) is 0 Å². The van der Waals surface area contributed by atoms with E-state index in [0.29, 0.717) is 6.42 Å². The molecule has 8 nitrogen and oxygen atoms in total. The van der Waals surface area contributed by atoms with Gasteiger partial charge >= 0.3 is 0 Å². The predicted octanol–water partition coefficient (Wildman–Crippen LogP) is 0.426. The molecule has 27 heavy (non-hydrogen) atoms. The van der Waals surface area contributed by atoms with Crippen molar-refractivity contribution in [3.8, 4) is 0 Å². The van der Waals surface area contributed by atoms with Crippen molar-refractivity contribution < 1.29 is 39.5 Å². The molecule has 160 valence electrons. The summed E-state index contributed by atoms with van der Waals surface area (Å²) in [6.45, 7) is 7.22. The Labute approximate surface area is 161 Å². The lowest BCUT2D eigenvalue weighted by molar-refractivity contribution is -0.157. The van der Waals surface area contributed by atoms with Gasteiger partial charge in [-0.25, -0.2) is 0 Å². The summed E-state index contributed by atoms with van der Waals surface area (Å²) < 4.78 is 11.2. The molecule has 3 aliphatic rings. The van der Waals surface area contributed by atoms with Crippen LogP contribution in [0.3, 0.4) is 0 Å². The second kappa shape index (κ2) is 9.54. The van der Waals surface area contributed by atoms with Gasteiger partial charge in [0.15, 0.2) is 17.4 Å². The smallest absolute Gasteiger partial charge is 0.164 e. The van der Waals surface area contributed by atoms with Crippen molar-refractivity contribution in [2.75, 3.05) is 0 Å². The van der Waals surface area contributed by atoms with Gasteiger partial charge in [0.1, 0.15) is 24.4 Å².